The molecule has 28 heavy (non-hydrogen) atoms. The summed E-state index contributed by atoms with van der Waals surface area (Å²) in [5, 5.41) is 4.48. The number of rotatable bonds is 6. The molecule has 0 unspecified atom stereocenters. The van der Waals surface area contributed by atoms with Crippen molar-refractivity contribution in [3.05, 3.63) is 77.0 Å². The Bertz CT molecular complexity index is 1100. The van der Waals surface area contributed by atoms with Crippen molar-refractivity contribution in [1.29, 1.82) is 0 Å². The maximum Gasteiger partial charge on any atom is 0.224 e. The van der Waals surface area contributed by atoms with E-state index in [9.17, 15) is 4.79 Å². The van der Waals surface area contributed by atoms with Crippen LogP contribution >= 0.6 is 22.9 Å². The van der Waals surface area contributed by atoms with Crippen LogP contribution in [-0.2, 0) is 11.2 Å². The van der Waals surface area contributed by atoms with Gasteiger partial charge in [0.1, 0.15) is 11.5 Å². The third-order valence-corrected chi connectivity index (χ3v) is 5.30. The topological polar surface area (TPSA) is 64.1 Å². The van der Waals surface area contributed by atoms with E-state index in [4.69, 9.17) is 16.3 Å². The van der Waals surface area contributed by atoms with Crippen LogP contribution in [0.25, 0.3) is 10.2 Å². The molecule has 0 atom stereocenters. The first kappa shape index (κ1) is 18.4. The Morgan fingerprint density at radius 1 is 1.11 bits per heavy atom. The normalized spacial score (nSPS) is 10.8. The van der Waals surface area contributed by atoms with Crippen molar-refractivity contribution in [3.63, 3.8) is 0 Å². The molecule has 0 aliphatic rings. The summed E-state index contributed by atoms with van der Waals surface area (Å²) in [5.74, 6) is 1.29. The Balaban J connectivity index is 1.31. The second kappa shape index (κ2) is 8.37. The smallest absolute Gasteiger partial charge is 0.224 e. The predicted molar refractivity (Wildman–Crippen MR) is 112 cm³/mol. The second-order valence-corrected chi connectivity index (χ2v) is 7.63. The lowest BCUT2D eigenvalue weighted by atomic mass is 10.2. The van der Waals surface area contributed by atoms with Crippen LogP contribution < -0.4 is 10.1 Å². The van der Waals surface area contributed by atoms with Crippen LogP contribution in [0.5, 0.6) is 11.5 Å². The number of carbonyl (C=O) groups is 1. The van der Waals surface area contributed by atoms with Gasteiger partial charge in [-0.15, -0.1) is 11.3 Å². The minimum absolute atomic E-state index is 0.0572. The van der Waals surface area contributed by atoms with Crippen molar-refractivity contribution in [2.75, 3.05) is 5.32 Å². The van der Waals surface area contributed by atoms with Gasteiger partial charge in [0, 0.05) is 29.7 Å². The largest absolute Gasteiger partial charge is 0.456 e. The second-order valence-electron chi connectivity index (χ2n) is 6.08. The number of nitrogens with one attached hydrogen (secondary N) is 1. The van der Waals surface area contributed by atoms with Crippen LogP contribution in [-0.4, -0.2) is 15.9 Å². The molecule has 4 aromatic rings. The lowest BCUT2D eigenvalue weighted by Crippen LogP contribution is -2.12. The van der Waals surface area contributed by atoms with Gasteiger partial charge in [0.2, 0.25) is 5.91 Å². The molecule has 5 nitrogen and oxygen atoms in total. The number of ether oxygens (including phenoxy) is 1. The highest BCUT2D eigenvalue weighted by molar-refractivity contribution is 7.18. The number of pyridine rings is 1. The van der Waals surface area contributed by atoms with Gasteiger partial charge in [0.15, 0.2) is 0 Å². The number of hydrogen-bond donors (Lipinski definition) is 1. The number of aromatic nitrogens is 2. The van der Waals surface area contributed by atoms with E-state index in [-0.39, 0.29) is 5.91 Å². The van der Waals surface area contributed by atoms with E-state index in [2.05, 4.69) is 15.3 Å². The van der Waals surface area contributed by atoms with E-state index in [0.717, 1.165) is 20.9 Å². The van der Waals surface area contributed by atoms with Gasteiger partial charge in [-0.1, -0.05) is 11.6 Å². The number of aryl methyl sites for hydroxylation is 1. The fourth-order valence-corrected chi connectivity index (χ4v) is 3.76. The SMILES string of the molecule is O=C(CCc1nc2cc(Cl)ccc2s1)Nc1ccc(Oc2cccnc2)cc1. The molecule has 0 bridgehead atoms. The number of anilines is 1. The molecule has 0 saturated heterocycles. The van der Waals surface area contributed by atoms with E-state index in [1.807, 2.05) is 42.5 Å². The highest BCUT2D eigenvalue weighted by Crippen LogP contribution is 2.26. The summed E-state index contributed by atoms with van der Waals surface area (Å²) in [4.78, 5) is 20.8. The Kier molecular flexibility index (Phi) is 5.50. The Labute approximate surface area is 171 Å². The average Bonchev–Trinajstić information content (AvgIpc) is 3.11. The zero-order valence-electron chi connectivity index (χ0n) is 14.8. The summed E-state index contributed by atoms with van der Waals surface area (Å²) < 4.78 is 6.76. The minimum Gasteiger partial charge on any atom is -0.456 e. The number of fused-ring (bicyclic) bond motifs is 1. The molecule has 2 aromatic heterocycles. The summed E-state index contributed by atoms with van der Waals surface area (Å²) >= 11 is 7.58. The average molecular weight is 410 g/mol. The first-order valence-corrected chi connectivity index (χ1v) is 9.88. The van der Waals surface area contributed by atoms with Gasteiger partial charge in [-0.2, -0.15) is 0 Å². The Hall–Kier alpha value is -2.96. The molecule has 7 heteroatoms. The monoisotopic (exact) mass is 409 g/mol. The number of benzene rings is 2. The molecule has 1 amide bonds. The molecule has 0 aliphatic heterocycles. The maximum absolute atomic E-state index is 12.2. The summed E-state index contributed by atoms with van der Waals surface area (Å²) in [5.41, 5.74) is 1.59. The van der Waals surface area contributed by atoms with Crippen LogP contribution in [0.15, 0.2) is 67.0 Å². The van der Waals surface area contributed by atoms with Crippen molar-refractivity contribution in [2.24, 2.45) is 0 Å². The summed E-state index contributed by atoms with van der Waals surface area (Å²) in [7, 11) is 0. The lowest BCUT2D eigenvalue weighted by molar-refractivity contribution is -0.116. The number of thiazole rings is 1. The quantitative estimate of drug-likeness (QED) is 0.443. The van der Waals surface area contributed by atoms with E-state index in [1.165, 1.54) is 0 Å². The summed E-state index contributed by atoms with van der Waals surface area (Å²) in [6.07, 6.45) is 4.28. The van der Waals surface area contributed by atoms with Crippen LogP contribution in [0.4, 0.5) is 5.69 Å². The molecule has 4 rings (SSSR count). The first-order chi connectivity index (χ1) is 13.7. The third kappa shape index (κ3) is 4.65. The van der Waals surface area contributed by atoms with Crippen LogP contribution in [0.1, 0.15) is 11.4 Å². The van der Waals surface area contributed by atoms with E-state index >= 15 is 0 Å². The highest BCUT2D eigenvalue weighted by atomic mass is 35.5. The van der Waals surface area contributed by atoms with Crippen LogP contribution in [0.3, 0.4) is 0 Å². The van der Waals surface area contributed by atoms with E-state index < -0.39 is 0 Å². The molecule has 0 aliphatic carbocycles. The number of hydrogen-bond acceptors (Lipinski definition) is 5. The third-order valence-electron chi connectivity index (χ3n) is 3.97. The molecular weight excluding hydrogens is 394 g/mol. The molecule has 1 N–H and O–H groups in total. The van der Waals surface area contributed by atoms with Crippen molar-refractivity contribution in [1.82, 2.24) is 9.97 Å². The predicted octanol–water partition coefficient (Wildman–Crippen LogP) is 5.71. The van der Waals surface area contributed by atoms with Crippen molar-refractivity contribution >= 4 is 44.7 Å². The molecule has 2 heterocycles. The standard InChI is InChI=1S/C21H16ClN3O2S/c22-14-3-8-19-18(12-14)25-21(28-19)10-9-20(26)24-15-4-6-16(7-5-15)27-17-2-1-11-23-13-17/h1-8,11-13H,9-10H2,(H,24,26). The molecule has 0 spiro atoms. The maximum atomic E-state index is 12.2. The fraction of sp³-hybridized carbons (Fsp3) is 0.0952. The Morgan fingerprint density at radius 2 is 1.96 bits per heavy atom. The van der Waals surface area contributed by atoms with Gasteiger partial charge < -0.3 is 10.1 Å². The number of amides is 1. The molecule has 0 radical (unpaired) electrons. The summed E-state index contributed by atoms with van der Waals surface area (Å²) in [6, 6.07) is 16.5. The number of carbonyl (C=O) groups excluding carboxylic acids is 1. The minimum atomic E-state index is -0.0572. The van der Waals surface area contributed by atoms with Crippen LogP contribution in [0, 0.1) is 0 Å². The number of halogens is 1. The molecule has 140 valence electrons. The fourth-order valence-electron chi connectivity index (χ4n) is 2.65. The van der Waals surface area contributed by atoms with Crippen LogP contribution in [0.2, 0.25) is 5.02 Å². The summed E-state index contributed by atoms with van der Waals surface area (Å²) in [6.45, 7) is 0. The molecule has 0 saturated carbocycles. The van der Waals surface area contributed by atoms with Crippen molar-refractivity contribution in [3.8, 4) is 11.5 Å². The van der Waals surface area contributed by atoms with Crippen molar-refractivity contribution in [2.45, 2.75) is 12.8 Å². The van der Waals surface area contributed by atoms with Gasteiger partial charge in [0.25, 0.3) is 0 Å². The van der Waals surface area contributed by atoms with Crippen molar-refractivity contribution < 1.29 is 9.53 Å². The van der Waals surface area contributed by atoms with Gasteiger partial charge in [-0.05, 0) is 54.6 Å². The highest BCUT2D eigenvalue weighted by Gasteiger charge is 2.08. The van der Waals surface area contributed by atoms with Gasteiger partial charge in [0.05, 0.1) is 21.4 Å². The molecule has 2 aromatic carbocycles. The van der Waals surface area contributed by atoms with E-state index in [1.54, 1.807) is 35.9 Å². The number of nitrogens with zero attached hydrogens (tertiary/aromatic N) is 2. The zero-order chi connectivity index (χ0) is 19.3. The van der Waals surface area contributed by atoms with Gasteiger partial charge in [-0.3, -0.25) is 9.78 Å². The van der Waals surface area contributed by atoms with Gasteiger partial charge in [-0.25, -0.2) is 4.98 Å². The lowest BCUT2D eigenvalue weighted by Gasteiger charge is -2.07. The van der Waals surface area contributed by atoms with Gasteiger partial charge >= 0.3 is 0 Å². The molecular formula is C21H16ClN3O2S. The molecule has 0 fully saturated rings. The Morgan fingerprint density at radius 3 is 2.75 bits per heavy atom. The zero-order valence-corrected chi connectivity index (χ0v) is 16.3. The first-order valence-electron chi connectivity index (χ1n) is 8.68. The van der Waals surface area contributed by atoms with E-state index in [0.29, 0.717) is 29.4 Å².